The summed E-state index contributed by atoms with van der Waals surface area (Å²) >= 11 is 5.58. The fourth-order valence-corrected chi connectivity index (χ4v) is 2.86. The molecular formula is C16H16ClF3N4O. The first-order valence-electron chi connectivity index (χ1n) is 7.73. The van der Waals surface area contributed by atoms with Gasteiger partial charge >= 0.3 is 6.18 Å². The molecule has 0 aliphatic carbocycles. The summed E-state index contributed by atoms with van der Waals surface area (Å²) < 4.78 is 37.9. The molecule has 2 heterocycles. The van der Waals surface area contributed by atoms with Crippen LogP contribution in [0, 0.1) is 0 Å². The van der Waals surface area contributed by atoms with Crippen LogP contribution < -0.4 is 10.2 Å². The minimum Gasteiger partial charge on any atom is -0.393 e. The van der Waals surface area contributed by atoms with E-state index in [1.165, 1.54) is 0 Å². The molecule has 0 unspecified atom stereocenters. The van der Waals surface area contributed by atoms with Crippen LogP contribution in [0.3, 0.4) is 0 Å². The third-order valence-electron chi connectivity index (χ3n) is 4.00. The van der Waals surface area contributed by atoms with Gasteiger partial charge in [-0.15, -0.1) is 0 Å². The van der Waals surface area contributed by atoms with Gasteiger partial charge in [-0.25, -0.2) is 9.97 Å². The molecule has 1 aliphatic rings. The van der Waals surface area contributed by atoms with Crippen LogP contribution in [-0.2, 0) is 6.18 Å². The molecular weight excluding hydrogens is 357 g/mol. The molecule has 0 bridgehead atoms. The van der Waals surface area contributed by atoms with Crippen molar-refractivity contribution in [3.63, 3.8) is 0 Å². The Kier molecular flexibility index (Phi) is 5.01. The van der Waals surface area contributed by atoms with Crippen LogP contribution in [0.2, 0.25) is 5.15 Å². The van der Waals surface area contributed by atoms with Crippen molar-refractivity contribution >= 4 is 28.9 Å². The van der Waals surface area contributed by atoms with Crippen molar-refractivity contribution < 1.29 is 18.3 Å². The average molecular weight is 373 g/mol. The molecule has 0 spiro atoms. The molecule has 3 rings (SSSR count). The number of halogens is 4. The summed E-state index contributed by atoms with van der Waals surface area (Å²) in [6.07, 6.45) is -2.70. The molecule has 0 radical (unpaired) electrons. The van der Waals surface area contributed by atoms with Gasteiger partial charge in [0.05, 0.1) is 6.10 Å². The third-order valence-corrected chi connectivity index (χ3v) is 4.29. The van der Waals surface area contributed by atoms with E-state index in [2.05, 4.69) is 20.2 Å². The van der Waals surface area contributed by atoms with Gasteiger partial charge in [0.1, 0.15) is 10.7 Å². The van der Waals surface area contributed by atoms with E-state index in [0.717, 1.165) is 31.6 Å². The summed E-state index contributed by atoms with van der Waals surface area (Å²) in [5.41, 5.74) is 0.586. The number of hydrogen-bond donors (Lipinski definition) is 2. The zero-order valence-corrected chi connectivity index (χ0v) is 13.8. The minimum atomic E-state index is -4.58. The van der Waals surface area contributed by atoms with Crippen molar-refractivity contribution in [2.24, 2.45) is 0 Å². The number of hydrogen-bond acceptors (Lipinski definition) is 5. The number of aromatic nitrogens is 2. The predicted octanol–water partition coefficient (Wildman–Crippen LogP) is 3.85. The molecule has 0 atom stereocenters. The molecule has 5 nitrogen and oxygen atoms in total. The number of aliphatic hydroxyl groups excluding tert-OH is 1. The molecule has 2 aromatic rings. The van der Waals surface area contributed by atoms with E-state index in [1.54, 1.807) is 12.1 Å². The highest BCUT2D eigenvalue weighted by atomic mass is 35.5. The number of piperidine rings is 1. The van der Waals surface area contributed by atoms with Crippen LogP contribution >= 0.6 is 11.6 Å². The number of alkyl halides is 3. The van der Waals surface area contributed by atoms with E-state index >= 15 is 0 Å². The van der Waals surface area contributed by atoms with Crippen LogP contribution in [0.1, 0.15) is 18.4 Å². The quantitative estimate of drug-likeness (QED) is 0.801. The number of benzene rings is 1. The summed E-state index contributed by atoms with van der Waals surface area (Å²) in [7, 11) is 0. The van der Waals surface area contributed by atoms with Crippen LogP contribution in [0.5, 0.6) is 0 Å². The van der Waals surface area contributed by atoms with E-state index in [9.17, 15) is 18.3 Å². The van der Waals surface area contributed by atoms with E-state index in [4.69, 9.17) is 11.6 Å². The van der Waals surface area contributed by atoms with E-state index in [-0.39, 0.29) is 12.1 Å². The summed E-state index contributed by atoms with van der Waals surface area (Å²) in [4.78, 5) is 9.47. The highest BCUT2D eigenvalue weighted by Crippen LogP contribution is 2.33. The van der Waals surface area contributed by atoms with Crippen molar-refractivity contribution in [1.29, 1.82) is 0 Å². The summed E-state index contributed by atoms with van der Waals surface area (Å²) in [5.74, 6) is -0.00755. The third kappa shape index (κ3) is 4.32. The number of nitrogens with one attached hydrogen (secondary N) is 1. The second kappa shape index (κ2) is 7.05. The SMILES string of the molecule is OC1CCN(c2ccc(Nc3ncc(C(F)(F)F)c(Cl)n3)cc2)CC1. The van der Waals surface area contributed by atoms with Crippen molar-refractivity contribution in [2.75, 3.05) is 23.3 Å². The normalized spacial score (nSPS) is 16.1. The van der Waals surface area contributed by atoms with Crippen LogP contribution in [0.25, 0.3) is 0 Å². The van der Waals surface area contributed by atoms with Gasteiger partial charge in [0.25, 0.3) is 0 Å². The molecule has 0 amide bonds. The topological polar surface area (TPSA) is 61.3 Å². The maximum atomic E-state index is 12.6. The molecule has 9 heteroatoms. The maximum absolute atomic E-state index is 12.6. The lowest BCUT2D eigenvalue weighted by Gasteiger charge is -2.31. The first-order chi connectivity index (χ1) is 11.8. The zero-order valence-electron chi connectivity index (χ0n) is 13.1. The predicted molar refractivity (Wildman–Crippen MR) is 89.2 cm³/mol. The van der Waals surface area contributed by atoms with E-state index in [1.807, 2.05) is 12.1 Å². The lowest BCUT2D eigenvalue weighted by Crippen LogP contribution is -2.35. The second-order valence-electron chi connectivity index (χ2n) is 5.79. The standard InChI is InChI=1S/C16H16ClF3N4O/c17-14-13(16(18,19)20)9-21-15(23-14)22-10-1-3-11(4-2-10)24-7-5-12(25)6-8-24/h1-4,9,12,25H,5-8H2,(H,21,22,23). The smallest absolute Gasteiger partial charge is 0.393 e. The van der Waals surface area contributed by atoms with Gasteiger partial charge in [-0.05, 0) is 37.1 Å². The summed E-state index contributed by atoms with van der Waals surface area (Å²) in [6.45, 7) is 1.57. The minimum absolute atomic E-state index is 0.00755. The maximum Gasteiger partial charge on any atom is 0.420 e. The Morgan fingerprint density at radius 1 is 1.16 bits per heavy atom. The van der Waals surface area contributed by atoms with E-state index < -0.39 is 16.9 Å². The van der Waals surface area contributed by atoms with Gasteiger partial charge in [-0.1, -0.05) is 11.6 Å². The molecule has 1 aliphatic heterocycles. The Bertz CT molecular complexity index is 731. The summed E-state index contributed by atoms with van der Waals surface area (Å²) in [5, 5.41) is 11.7. The average Bonchev–Trinajstić information content (AvgIpc) is 2.55. The van der Waals surface area contributed by atoms with Crippen molar-refractivity contribution in [2.45, 2.75) is 25.1 Å². The number of rotatable bonds is 3. The Morgan fingerprint density at radius 3 is 2.36 bits per heavy atom. The van der Waals surface area contributed by atoms with Crippen LogP contribution in [0.15, 0.2) is 30.5 Å². The van der Waals surface area contributed by atoms with E-state index in [0.29, 0.717) is 11.9 Å². The molecule has 0 saturated carbocycles. The number of aliphatic hydroxyl groups is 1. The fourth-order valence-electron chi connectivity index (χ4n) is 2.62. The van der Waals surface area contributed by atoms with Crippen molar-refractivity contribution in [1.82, 2.24) is 9.97 Å². The van der Waals surface area contributed by atoms with Gasteiger partial charge in [0, 0.05) is 30.7 Å². The number of anilines is 3. The lowest BCUT2D eigenvalue weighted by atomic mass is 10.1. The van der Waals surface area contributed by atoms with Crippen LogP contribution in [-0.4, -0.2) is 34.3 Å². The van der Waals surface area contributed by atoms with Crippen molar-refractivity contribution in [3.05, 3.63) is 41.2 Å². The Labute approximate surface area is 147 Å². The fraction of sp³-hybridized carbons (Fsp3) is 0.375. The molecule has 1 aromatic carbocycles. The van der Waals surface area contributed by atoms with Crippen molar-refractivity contribution in [3.8, 4) is 0 Å². The molecule has 1 saturated heterocycles. The van der Waals surface area contributed by atoms with Gasteiger partial charge < -0.3 is 15.3 Å². The Hall–Kier alpha value is -2.06. The van der Waals surface area contributed by atoms with Gasteiger partial charge in [0.2, 0.25) is 5.95 Å². The molecule has 134 valence electrons. The second-order valence-corrected chi connectivity index (χ2v) is 6.14. The molecule has 2 N–H and O–H groups in total. The first kappa shape index (κ1) is 17.8. The highest BCUT2D eigenvalue weighted by Gasteiger charge is 2.34. The molecule has 25 heavy (non-hydrogen) atoms. The Balaban J connectivity index is 1.68. The van der Waals surface area contributed by atoms with Gasteiger partial charge in [0.15, 0.2) is 0 Å². The lowest BCUT2D eigenvalue weighted by molar-refractivity contribution is -0.137. The first-order valence-corrected chi connectivity index (χ1v) is 8.10. The molecule has 1 fully saturated rings. The van der Waals surface area contributed by atoms with Gasteiger partial charge in [-0.2, -0.15) is 13.2 Å². The zero-order chi connectivity index (χ0) is 18.0. The molecule has 1 aromatic heterocycles. The largest absolute Gasteiger partial charge is 0.420 e. The van der Waals surface area contributed by atoms with Crippen LogP contribution in [0.4, 0.5) is 30.5 Å². The van der Waals surface area contributed by atoms with Gasteiger partial charge in [-0.3, -0.25) is 0 Å². The Morgan fingerprint density at radius 2 is 1.80 bits per heavy atom. The monoisotopic (exact) mass is 372 g/mol. The highest BCUT2D eigenvalue weighted by molar-refractivity contribution is 6.30. The summed E-state index contributed by atoms with van der Waals surface area (Å²) in [6, 6.07) is 7.36. The number of nitrogens with zero attached hydrogens (tertiary/aromatic N) is 3.